The van der Waals surface area contributed by atoms with Crippen molar-refractivity contribution < 1.29 is 9.72 Å². The first kappa shape index (κ1) is 18.3. The molecule has 2 aromatic rings. The van der Waals surface area contributed by atoms with Gasteiger partial charge in [0.25, 0.3) is 11.6 Å². The van der Waals surface area contributed by atoms with Crippen LogP contribution in [0.25, 0.3) is 0 Å². The van der Waals surface area contributed by atoms with Crippen LogP contribution in [0.15, 0.2) is 42.5 Å². The van der Waals surface area contributed by atoms with E-state index >= 15 is 0 Å². The lowest BCUT2D eigenvalue weighted by atomic mass is 10.1. The lowest BCUT2D eigenvalue weighted by molar-refractivity contribution is -0.385. The monoisotopic (exact) mass is 371 g/mol. The molecular formula is C19H21N3O3S. The zero-order chi connectivity index (χ0) is 18.5. The van der Waals surface area contributed by atoms with Crippen LogP contribution in [0.5, 0.6) is 0 Å². The third-order valence-electron chi connectivity index (χ3n) is 4.51. The van der Waals surface area contributed by atoms with Crippen LogP contribution >= 0.6 is 11.8 Å². The Morgan fingerprint density at radius 3 is 2.54 bits per heavy atom. The molecule has 1 N–H and O–H groups in total. The van der Waals surface area contributed by atoms with Crippen molar-refractivity contribution in [2.24, 2.45) is 0 Å². The molecular weight excluding hydrogens is 350 g/mol. The summed E-state index contributed by atoms with van der Waals surface area (Å²) in [5.41, 5.74) is 2.88. The predicted molar refractivity (Wildman–Crippen MR) is 105 cm³/mol. The topological polar surface area (TPSA) is 75.5 Å². The van der Waals surface area contributed by atoms with Crippen LogP contribution in [-0.2, 0) is 6.54 Å². The number of benzene rings is 2. The number of nitro groups is 1. The number of hydrogen-bond donors (Lipinski definition) is 1. The standard InChI is InChI=1S/C19H21N3O3S/c1-14-17(3-2-4-18(14)22(24)25)19(23)20-13-15-5-7-16(8-6-15)21-9-11-26-12-10-21/h2-8H,9-13H2,1H3,(H,20,23). The van der Waals surface area contributed by atoms with Gasteiger partial charge in [-0.25, -0.2) is 0 Å². The van der Waals surface area contributed by atoms with E-state index in [1.54, 1.807) is 13.0 Å². The molecule has 0 aromatic heterocycles. The molecule has 0 bridgehead atoms. The molecule has 1 amide bonds. The minimum atomic E-state index is -0.468. The lowest BCUT2D eigenvalue weighted by Crippen LogP contribution is -2.32. The third kappa shape index (κ3) is 4.16. The maximum Gasteiger partial charge on any atom is 0.273 e. The lowest BCUT2D eigenvalue weighted by Gasteiger charge is -2.28. The van der Waals surface area contributed by atoms with Crippen LogP contribution in [-0.4, -0.2) is 35.4 Å². The summed E-state index contributed by atoms with van der Waals surface area (Å²) in [7, 11) is 0. The summed E-state index contributed by atoms with van der Waals surface area (Å²) < 4.78 is 0. The first-order valence-electron chi connectivity index (χ1n) is 8.50. The third-order valence-corrected chi connectivity index (χ3v) is 5.45. The van der Waals surface area contributed by atoms with Gasteiger partial charge in [-0.3, -0.25) is 14.9 Å². The fraction of sp³-hybridized carbons (Fsp3) is 0.316. The molecule has 1 aliphatic heterocycles. The molecule has 0 saturated carbocycles. The van der Waals surface area contributed by atoms with Crippen molar-refractivity contribution in [1.82, 2.24) is 5.32 Å². The fourth-order valence-corrected chi connectivity index (χ4v) is 3.89. The van der Waals surface area contributed by atoms with E-state index in [4.69, 9.17) is 0 Å². The minimum absolute atomic E-state index is 0.0401. The highest BCUT2D eigenvalue weighted by molar-refractivity contribution is 7.99. The number of hydrogen-bond acceptors (Lipinski definition) is 5. The maximum absolute atomic E-state index is 12.4. The van der Waals surface area contributed by atoms with E-state index in [1.165, 1.54) is 17.8 Å². The summed E-state index contributed by atoms with van der Waals surface area (Å²) in [4.78, 5) is 25.3. The quantitative estimate of drug-likeness (QED) is 0.644. The summed E-state index contributed by atoms with van der Waals surface area (Å²) in [5, 5.41) is 13.8. The Balaban J connectivity index is 1.63. The van der Waals surface area contributed by atoms with Crippen LogP contribution in [0.1, 0.15) is 21.5 Å². The molecule has 0 radical (unpaired) electrons. The molecule has 1 aliphatic rings. The van der Waals surface area contributed by atoms with E-state index < -0.39 is 4.92 Å². The number of nitro benzene ring substituents is 1. The van der Waals surface area contributed by atoms with Crippen molar-refractivity contribution in [2.75, 3.05) is 29.5 Å². The van der Waals surface area contributed by atoms with Gasteiger partial charge in [0.2, 0.25) is 0 Å². The molecule has 26 heavy (non-hydrogen) atoms. The van der Waals surface area contributed by atoms with Gasteiger partial charge in [0, 0.05) is 54.0 Å². The average Bonchev–Trinajstić information content (AvgIpc) is 2.67. The second-order valence-electron chi connectivity index (χ2n) is 6.16. The number of rotatable bonds is 5. The molecule has 1 heterocycles. The summed E-state index contributed by atoms with van der Waals surface area (Å²) >= 11 is 1.98. The van der Waals surface area contributed by atoms with E-state index in [2.05, 4.69) is 22.3 Å². The summed E-state index contributed by atoms with van der Waals surface area (Å²) in [6.45, 7) is 4.11. The summed E-state index contributed by atoms with van der Waals surface area (Å²) in [5.74, 6) is 2.00. The maximum atomic E-state index is 12.4. The number of thioether (sulfide) groups is 1. The molecule has 0 aliphatic carbocycles. The molecule has 1 fully saturated rings. The number of carbonyl (C=O) groups is 1. The van der Waals surface area contributed by atoms with Crippen molar-refractivity contribution in [3.63, 3.8) is 0 Å². The zero-order valence-electron chi connectivity index (χ0n) is 14.6. The Bertz CT molecular complexity index is 802. The molecule has 0 spiro atoms. The second kappa shape index (κ2) is 8.23. The first-order chi connectivity index (χ1) is 12.6. The molecule has 2 aromatic carbocycles. The van der Waals surface area contributed by atoms with Crippen molar-refractivity contribution >= 4 is 29.0 Å². The largest absolute Gasteiger partial charge is 0.370 e. The number of anilines is 1. The van der Waals surface area contributed by atoms with Gasteiger partial charge in [-0.15, -0.1) is 0 Å². The van der Waals surface area contributed by atoms with Gasteiger partial charge < -0.3 is 10.2 Å². The van der Waals surface area contributed by atoms with Crippen LogP contribution in [0, 0.1) is 17.0 Å². The van der Waals surface area contributed by atoms with Crippen molar-refractivity contribution in [2.45, 2.75) is 13.5 Å². The van der Waals surface area contributed by atoms with Gasteiger partial charge in [-0.2, -0.15) is 11.8 Å². The molecule has 6 nitrogen and oxygen atoms in total. The normalized spacial score (nSPS) is 14.1. The van der Waals surface area contributed by atoms with Crippen molar-refractivity contribution in [3.05, 3.63) is 69.3 Å². The molecule has 136 valence electrons. The van der Waals surface area contributed by atoms with Gasteiger partial charge in [0.1, 0.15) is 0 Å². The van der Waals surface area contributed by atoms with E-state index in [1.807, 2.05) is 23.9 Å². The minimum Gasteiger partial charge on any atom is -0.370 e. The Morgan fingerprint density at radius 2 is 1.88 bits per heavy atom. The van der Waals surface area contributed by atoms with Crippen LogP contribution in [0.2, 0.25) is 0 Å². The SMILES string of the molecule is Cc1c(C(=O)NCc2ccc(N3CCSCC3)cc2)cccc1[N+](=O)[O-]. The van der Waals surface area contributed by atoms with Crippen molar-refractivity contribution in [3.8, 4) is 0 Å². The summed E-state index contributed by atoms with van der Waals surface area (Å²) in [6.07, 6.45) is 0. The number of nitrogens with zero attached hydrogens (tertiary/aromatic N) is 2. The number of nitrogens with one attached hydrogen (secondary N) is 1. The van der Waals surface area contributed by atoms with E-state index in [0.717, 1.165) is 30.2 Å². The molecule has 3 rings (SSSR count). The van der Waals surface area contributed by atoms with Crippen molar-refractivity contribution in [1.29, 1.82) is 0 Å². The average molecular weight is 371 g/mol. The van der Waals surface area contributed by atoms with Crippen LogP contribution < -0.4 is 10.2 Å². The highest BCUT2D eigenvalue weighted by atomic mass is 32.2. The van der Waals surface area contributed by atoms with Gasteiger partial charge >= 0.3 is 0 Å². The van der Waals surface area contributed by atoms with Crippen LogP contribution in [0.4, 0.5) is 11.4 Å². The number of carbonyl (C=O) groups excluding carboxylic acids is 1. The Hall–Kier alpha value is -2.54. The van der Waals surface area contributed by atoms with E-state index in [-0.39, 0.29) is 11.6 Å². The highest BCUT2D eigenvalue weighted by Crippen LogP contribution is 2.22. The van der Waals surface area contributed by atoms with Gasteiger partial charge in [-0.1, -0.05) is 18.2 Å². The zero-order valence-corrected chi connectivity index (χ0v) is 15.4. The van der Waals surface area contributed by atoms with E-state index in [9.17, 15) is 14.9 Å². The highest BCUT2D eigenvalue weighted by Gasteiger charge is 2.17. The smallest absolute Gasteiger partial charge is 0.273 e. The van der Waals surface area contributed by atoms with E-state index in [0.29, 0.717) is 17.7 Å². The van der Waals surface area contributed by atoms with Gasteiger partial charge in [-0.05, 0) is 30.7 Å². The van der Waals surface area contributed by atoms with Gasteiger partial charge in [0.05, 0.1) is 4.92 Å². The molecule has 1 saturated heterocycles. The fourth-order valence-electron chi connectivity index (χ4n) is 2.99. The second-order valence-corrected chi connectivity index (χ2v) is 7.38. The Kier molecular flexibility index (Phi) is 5.78. The molecule has 7 heteroatoms. The molecule has 0 unspecified atom stereocenters. The van der Waals surface area contributed by atoms with Crippen LogP contribution in [0.3, 0.4) is 0 Å². The predicted octanol–water partition coefficient (Wildman–Crippen LogP) is 3.39. The number of amides is 1. The Morgan fingerprint density at radius 1 is 1.19 bits per heavy atom. The Labute approximate surface area is 156 Å². The molecule has 0 atom stereocenters. The first-order valence-corrected chi connectivity index (χ1v) is 9.65. The summed E-state index contributed by atoms with van der Waals surface area (Å²) in [6, 6.07) is 12.7. The van der Waals surface area contributed by atoms with Gasteiger partial charge in [0.15, 0.2) is 0 Å².